The molecule has 0 aromatic heterocycles. The van der Waals surface area contributed by atoms with Gasteiger partial charge in [0, 0.05) is 30.4 Å². The van der Waals surface area contributed by atoms with Crippen LogP contribution in [0.25, 0.3) is 0 Å². The first-order chi connectivity index (χ1) is 10.1. The minimum atomic E-state index is 0.282. The van der Waals surface area contributed by atoms with E-state index in [2.05, 4.69) is 55.3 Å². The van der Waals surface area contributed by atoms with Gasteiger partial charge in [-0.15, -0.1) is 0 Å². The molecule has 0 radical (unpaired) electrons. The fourth-order valence-electron chi connectivity index (χ4n) is 3.35. The normalized spacial score (nSPS) is 29.5. The second-order valence-corrected chi connectivity index (χ2v) is 6.89. The Labute approximate surface area is 128 Å². The van der Waals surface area contributed by atoms with Crippen molar-refractivity contribution in [1.82, 2.24) is 5.32 Å². The van der Waals surface area contributed by atoms with Gasteiger partial charge in [-0.2, -0.15) is 0 Å². The second kappa shape index (κ2) is 5.88. The Kier molecular flexibility index (Phi) is 4.12. The molecule has 0 amide bonds. The lowest BCUT2D eigenvalue weighted by Crippen LogP contribution is -2.63. The third-order valence-corrected chi connectivity index (χ3v) is 4.95. The first kappa shape index (κ1) is 14.7. The Bertz CT molecular complexity index is 469. The molecule has 1 saturated heterocycles. The third-order valence-electron chi connectivity index (χ3n) is 4.95. The van der Waals surface area contributed by atoms with E-state index in [0.717, 1.165) is 37.8 Å². The Hall–Kier alpha value is -1.22. The zero-order chi connectivity index (χ0) is 14.9. The highest BCUT2D eigenvalue weighted by Gasteiger charge is 2.45. The van der Waals surface area contributed by atoms with E-state index in [0.29, 0.717) is 6.04 Å². The highest BCUT2D eigenvalue weighted by Crippen LogP contribution is 2.42. The number of piperazine rings is 1. The molecule has 1 aliphatic heterocycles. The molecular formula is C18H28N2O. The number of benzene rings is 1. The molecule has 21 heavy (non-hydrogen) atoms. The summed E-state index contributed by atoms with van der Waals surface area (Å²) in [7, 11) is 0. The molecule has 1 heterocycles. The van der Waals surface area contributed by atoms with Crippen LogP contribution in [-0.2, 0) is 0 Å². The Morgan fingerprint density at radius 3 is 2.62 bits per heavy atom. The number of hydrogen-bond donors (Lipinski definition) is 1. The largest absolute Gasteiger partial charge is 0.494 e. The summed E-state index contributed by atoms with van der Waals surface area (Å²) in [5.74, 6) is 1.84. The topological polar surface area (TPSA) is 24.5 Å². The Morgan fingerprint density at radius 2 is 2.00 bits per heavy atom. The molecule has 1 aliphatic carbocycles. The van der Waals surface area contributed by atoms with Crippen LogP contribution < -0.4 is 15.0 Å². The van der Waals surface area contributed by atoms with Gasteiger partial charge in [-0.3, -0.25) is 0 Å². The zero-order valence-electron chi connectivity index (χ0n) is 13.6. The molecule has 3 nitrogen and oxygen atoms in total. The number of nitrogens with zero attached hydrogens (tertiary/aromatic N) is 1. The van der Waals surface area contributed by atoms with E-state index in [1.165, 1.54) is 18.5 Å². The quantitative estimate of drug-likeness (QED) is 0.898. The van der Waals surface area contributed by atoms with E-state index in [-0.39, 0.29) is 5.54 Å². The van der Waals surface area contributed by atoms with Gasteiger partial charge in [0.2, 0.25) is 0 Å². The van der Waals surface area contributed by atoms with Gasteiger partial charge in [-0.25, -0.2) is 0 Å². The van der Waals surface area contributed by atoms with Crippen molar-refractivity contribution in [3.63, 3.8) is 0 Å². The number of hydrogen-bond acceptors (Lipinski definition) is 3. The lowest BCUT2D eigenvalue weighted by atomic mass is 9.91. The SMILES string of the molecule is CCCOc1ccc(N2CC(C)(C3CC3)NCC2C)cc1. The van der Waals surface area contributed by atoms with Gasteiger partial charge in [0.1, 0.15) is 5.75 Å². The maximum absolute atomic E-state index is 5.68. The van der Waals surface area contributed by atoms with Crippen molar-refractivity contribution < 1.29 is 4.74 Å². The van der Waals surface area contributed by atoms with Crippen LogP contribution in [0, 0.1) is 5.92 Å². The van der Waals surface area contributed by atoms with Crippen molar-refractivity contribution in [2.45, 2.75) is 51.6 Å². The number of anilines is 1. The van der Waals surface area contributed by atoms with E-state index in [9.17, 15) is 0 Å². The molecule has 116 valence electrons. The van der Waals surface area contributed by atoms with Gasteiger partial charge in [0.15, 0.2) is 0 Å². The van der Waals surface area contributed by atoms with Crippen LogP contribution in [0.3, 0.4) is 0 Å². The number of rotatable bonds is 5. The predicted octanol–water partition coefficient (Wildman–Crippen LogP) is 3.44. The van der Waals surface area contributed by atoms with E-state index < -0.39 is 0 Å². The van der Waals surface area contributed by atoms with Gasteiger partial charge in [-0.05, 0) is 63.3 Å². The van der Waals surface area contributed by atoms with E-state index >= 15 is 0 Å². The molecule has 0 bridgehead atoms. The Balaban J connectivity index is 1.71. The second-order valence-electron chi connectivity index (χ2n) is 6.89. The maximum atomic E-state index is 5.68. The fraction of sp³-hybridized carbons (Fsp3) is 0.667. The minimum Gasteiger partial charge on any atom is -0.494 e. The van der Waals surface area contributed by atoms with Crippen LogP contribution in [0.2, 0.25) is 0 Å². The van der Waals surface area contributed by atoms with Crippen molar-refractivity contribution in [2.24, 2.45) is 5.92 Å². The van der Waals surface area contributed by atoms with Crippen LogP contribution in [-0.4, -0.2) is 31.3 Å². The Morgan fingerprint density at radius 1 is 1.29 bits per heavy atom. The molecule has 1 N–H and O–H groups in total. The van der Waals surface area contributed by atoms with Gasteiger partial charge >= 0.3 is 0 Å². The molecule has 0 spiro atoms. The van der Waals surface area contributed by atoms with Crippen molar-refractivity contribution in [3.05, 3.63) is 24.3 Å². The van der Waals surface area contributed by atoms with Crippen LogP contribution >= 0.6 is 0 Å². The molecule has 2 unspecified atom stereocenters. The van der Waals surface area contributed by atoms with Crippen molar-refractivity contribution in [2.75, 3.05) is 24.6 Å². The summed E-state index contributed by atoms with van der Waals surface area (Å²) >= 11 is 0. The van der Waals surface area contributed by atoms with Crippen LogP contribution in [0.4, 0.5) is 5.69 Å². The van der Waals surface area contributed by atoms with Gasteiger partial charge in [0.25, 0.3) is 0 Å². The molecule has 1 saturated carbocycles. The predicted molar refractivity (Wildman–Crippen MR) is 88.2 cm³/mol. The average Bonchev–Trinajstić information content (AvgIpc) is 3.34. The maximum Gasteiger partial charge on any atom is 0.119 e. The molecule has 3 rings (SSSR count). The smallest absolute Gasteiger partial charge is 0.119 e. The van der Waals surface area contributed by atoms with Crippen LogP contribution in [0.1, 0.15) is 40.0 Å². The van der Waals surface area contributed by atoms with E-state index in [1.54, 1.807) is 0 Å². The van der Waals surface area contributed by atoms with Crippen molar-refractivity contribution in [1.29, 1.82) is 0 Å². The number of ether oxygens (including phenoxy) is 1. The van der Waals surface area contributed by atoms with Crippen molar-refractivity contribution >= 4 is 5.69 Å². The summed E-state index contributed by atoms with van der Waals surface area (Å²) in [6, 6.07) is 9.17. The summed E-state index contributed by atoms with van der Waals surface area (Å²) in [6.45, 7) is 9.80. The minimum absolute atomic E-state index is 0.282. The average molecular weight is 288 g/mol. The molecule has 1 aromatic rings. The molecule has 1 aromatic carbocycles. The van der Waals surface area contributed by atoms with E-state index in [1.807, 2.05) is 0 Å². The molecule has 2 atom stereocenters. The summed E-state index contributed by atoms with van der Waals surface area (Å²) < 4.78 is 5.68. The summed E-state index contributed by atoms with van der Waals surface area (Å²) in [5, 5.41) is 3.78. The fourth-order valence-corrected chi connectivity index (χ4v) is 3.35. The highest BCUT2D eigenvalue weighted by molar-refractivity contribution is 5.51. The summed E-state index contributed by atoms with van der Waals surface area (Å²) in [4.78, 5) is 2.55. The number of nitrogens with one attached hydrogen (secondary N) is 1. The van der Waals surface area contributed by atoms with Crippen LogP contribution in [0.15, 0.2) is 24.3 Å². The summed E-state index contributed by atoms with van der Waals surface area (Å²) in [5.41, 5.74) is 1.60. The molecule has 2 aliphatic rings. The monoisotopic (exact) mass is 288 g/mol. The lowest BCUT2D eigenvalue weighted by molar-refractivity contribution is 0.260. The van der Waals surface area contributed by atoms with Gasteiger partial charge < -0.3 is 15.0 Å². The standard InChI is InChI=1S/C18H28N2O/c1-4-11-21-17-9-7-16(8-10-17)20-13-18(3,15-5-6-15)19-12-14(20)2/h7-10,14-15,19H,4-6,11-13H2,1-3H3. The van der Waals surface area contributed by atoms with Gasteiger partial charge in [0.05, 0.1) is 6.61 Å². The van der Waals surface area contributed by atoms with Crippen LogP contribution in [0.5, 0.6) is 5.75 Å². The van der Waals surface area contributed by atoms with Gasteiger partial charge in [-0.1, -0.05) is 6.92 Å². The third kappa shape index (κ3) is 3.18. The first-order valence-corrected chi connectivity index (χ1v) is 8.37. The molecule has 3 heteroatoms. The van der Waals surface area contributed by atoms with E-state index in [4.69, 9.17) is 4.74 Å². The zero-order valence-corrected chi connectivity index (χ0v) is 13.6. The highest BCUT2D eigenvalue weighted by atomic mass is 16.5. The first-order valence-electron chi connectivity index (χ1n) is 8.37. The molecular weight excluding hydrogens is 260 g/mol. The molecule has 2 fully saturated rings. The summed E-state index contributed by atoms with van der Waals surface area (Å²) in [6.07, 6.45) is 3.82. The lowest BCUT2D eigenvalue weighted by Gasteiger charge is -2.47. The van der Waals surface area contributed by atoms with Crippen molar-refractivity contribution in [3.8, 4) is 5.75 Å².